The van der Waals surface area contributed by atoms with Crippen molar-refractivity contribution < 1.29 is 38.6 Å². The molecule has 184 valence electrons. The molecule has 0 bridgehead atoms. The minimum atomic E-state index is -1.31. The second kappa shape index (κ2) is 10.5. The molecule has 1 aromatic carbocycles. The average molecular weight is 476 g/mol. The van der Waals surface area contributed by atoms with Crippen LogP contribution in [0, 0.1) is 15.5 Å². The van der Waals surface area contributed by atoms with E-state index in [9.17, 15) is 29.6 Å². The summed E-state index contributed by atoms with van der Waals surface area (Å²) in [4.78, 5) is 49.7. The van der Waals surface area contributed by atoms with Gasteiger partial charge in [-0.05, 0) is 40.2 Å². The summed E-state index contributed by atoms with van der Waals surface area (Å²) in [6.45, 7) is 7.33. The van der Waals surface area contributed by atoms with Crippen molar-refractivity contribution in [2.24, 2.45) is 5.41 Å². The third-order valence-electron chi connectivity index (χ3n) is 5.28. The van der Waals surface area contributed by atoms with E-state index >= 15 is 0 Å². The number of hydrogen-bond donors (Lipinski definition) is 1. The number of hydrogen-bond acceptors (Lipinski definition) is 9. The smallest absolute Gasteiger partial charge is 0.339 e. The highest BCUT2D eigenvalue weighted by Crippen LogP contribution is 2.43. The Morgan fingerprint density at radius 3 is 2.26 bits per heavy atom. The molecule has 2 rings (SSSR count). The third-order valence-corrected chi connectivity index (χ3v) is 5.28. The van der Waals surface area contributed by atoms with Gasteiger partial charge in [-0.2, -0.15) is 0 Å². The fourth-order valence-corrected chi connectivity index (χ4v) is 3.55. The lowest BCUT2D eigenvalue weighted by atomic mass is 9.79. The first-order chi connectivity index (χ1) is 15.8. The quantitative estimate of drug-likeness (QED) is 0.256. The maximum Gasteiger partial charge on any atom is 0.339 e. The normalized spacial score (nSPS) is 16.4. The fraction of sp³-hybridized carbons (Fsp3) is 0.435. The van der Waals surface area contributed by atoms with Crippen LogP contribution in [0.25, 0.3) is 0 Å². The number of nitro groups is 1. The summed E-state index contributed by atoms with van der Waals surface area (Å²) in [6.07, 6.45) is 0. The highest BCUT2D eigenvalue weighted by molar-refractivity contribution is 5.99. The second-order valence-corrected chi connectivity index (χ2v) is 8.67. The molecule has 0 unspecified atom stereocenters. The van der Waals surface area contributed by atoms with Gasteiger partial charge in [-0.25, -0.2) is 9.59 Å². The SMILES string of the molecule is COCN1C(C)=C(C(=O)O)[C@H](c2cccc([N+](=O)[O-])c2)C(C(=O)OCOC(=O)C(C)(C)C)=C1C. The first-order valence-corrected chi connectivity index (χ1v) is 10.3. The molecule has 1 aromatic rings. The number of ether oxygens (including phenoxy) is 3. The third kappa shape index (κ3) is 5.60. The lowest BCUT2D eigenvalue weighted by Gasteiger charge is -2.36. The molecule has 1 atom stereocenters. The molecule has 1 aliphatic heterocycles. The van der Waals surface area contributed by atoms with E-state index in [4.69, 9.17) is 14.2 Å². The largest absolute Gasteiger partial charge is 0.478 e. The number of methoxy groups -OCH3 is 1. The zero-order valence-electron chi connectivity index (χ0n) is 19.9. The molecule has 0 radical (unpaired) electrons. The predicted octanol–water partition coefficient (Wildman–Crippen LogP) is 3.32. The molecule has 34 heavy (non-hydrogen) atoms. The highest BCUT2D eigenvalue weighted by atomic mass is 16.7. The first-order valence-electron chi connectivity index (χ1n) is 10.3. The molecule has 0 spiro atoms. The number of carboxylic acids is 1. The molecule has 0 saturated heterocycles. The van der Waals surface area contributed by atoms with Crippen LogP contribution in [0.4, 0.5) is 5.69 Å². The lowest BCUT2D eigenvalue weighted by Crippen LogP contribution is -2.36. The predicted molar refractivity (Wildman–Crippen MR) is 119 cm³/mol. The molecular weight excluding hydrogens is 448 g/mol. The molecule has 0 amide bonds. The van der Waals surface area contributed by atoms with Crippen LogP contribution in [0.5, 0.6) is 0 Å². The van der Waals surface area contributed by atoms with E-state index < -0.39 is 41.0 Å². The van der Waals surface area contributed by atoms with Gasteiger partial charge in [0.25, 0.3) is 5.69 Å². The van der Waals surface area contributed by atoms with Crippen LogP contribution in [0.3, 0.4) is 0 Å². The number of esters is 2. The molecule has 0 aliphatic carbocycles. The molecule has 0 aromatic heterocycles. The number of rotatable bonds is 8. The molecule has 1 N–H and O–H groups in total. The first kappa shape index (κ1) is 26.5. The summed E-state index contributed by atoms with van der Waals surface area (Å²) >= 11 is 0. The fourth-order valence-electron chi connectivity index (χ4n) is 3.55. The van der Waals surface area contributed by atoms with Crippen molar-refractivity contribution >= 4 is 23.6 Å². The summed E-state index contributed by atoms with van der Waals surface area (Å²) in [7, 11) is 1.41. The molecule has 1 aliphatic rings. The maximum atomic E-state index is 13.2. The summed E-state index contributed by atoms with van der Waals surface area (Å²) in [5.41, 5.74) is -0.435. The molecule has 0 fully saturated rings. The van der Waals surface area contributed by atoms with Crippen LogP contribution in [-0.4, -0.2) is 53.5 Å². The Balaban J connectivity index is 2.58. The standard InChI is InChI=1S/C23H28N2O9/c1-13-17(20(26)27)19(15-8-7-9-16(10-15)25(30)31)18(14(2)24(13)11-32-6)21(28)33-12-34-22(29)23(3,4)5/h7-10,19H,11-12H2,1-6H3,(H,26,27)/t19-/m0/s1. The lowest BCUT2D eigenvalue weighted by molar-refractivity contribution is -0.384. The van der Waals surface area contributed by atoms with Crippen molar-refractivity contribution in [1.82, 2.24) is 4.90 Å². The number of benzene rings is 1. The minimum absolute atomic E-state index is 0.0497. The Labute approximate surface area is 196 Å². The zero-order valence-corrected chi connectivity index (χ0v) is 19.9. The molecule has 1 heterocycles. The van der Waals surface area contributed by atoms with Gasteiger partial charge in [0.2, 0.25) is 6.79 Å². The Morgan fingerprint density at radius 2 is 1.74 bits per heavy atom. The Morgan fingerprint density at radius 1 is 1.12 bits per heavy atom. The molecule has 0 saturated carbocycles. The van der Waals surface area contributed by atoms with Gasteiger partial charge in [-0.15, -0.1) is 0 Å². The molecular formula is C23H28N2O9. The van der Waals surface area contributed by atoms with Gasteiger partial charge in [0, 0.05) is 30.6 Å². The number of allylic oxidation sites excluding steroid dienone is 2. The van der Waals surface area contributed by atoms with E-state index in [-0.39, 0.29) is 29.1 Å². The summed E-state index contributed by atoms with van der Waals surface area (Å²) in [5, 5.41) is 21.3. The van der Waals surface area contributed by atoms with Crippen LogP contribution in [0.15, 0.2) is 46.8 Å². The Kier molecular flexibility index (Phi) is 8.17. The van der Waals surface area contributed by atoms with Crippen molar-refractivity contribution in [1.29, 1.82) is 0 Å². The van der Waals surface area contributed by atoms with Gasteiger partial charge in [-0.1, -0.05) is 12.1 Å². The highest BCUT2D eigenvalue weighted by Gasteiger charge is 2.40. The van der Waals surface area contributed by atoms with Crippen LogP contribution in [-0.2, 0) is 28.6 Å². The molecule has 11 nitrogen and oxygen atoms in total. The van der Waals surface area contributed by atoms with Gasteiger partial charge < -0.3 is 24.2 Å². The van der Waals surface area contributed by atoms with Crippen LogP contribution < -0.4 is 0 Å². The van der Waals surface area contributed by atoms with E-state index in [0.29, 0.717) is 11.4 Å². The second-order valence-electron chi connectivity index (χ2n) is 8.67. The Bertz CT molecular complexity index is 1070. The van der Waals surface area contributed by atoms with Crippen molar-refractivity contribution in [2.45, 2.75) is 40.5 Å². The number of aliphatic carboxylic acids is 1. The van der Waals surface area contributed by atoms with Gasteiger partial charge >= 0.3 is 17.9 Å². The van der Waals surface area contributed by atoms with E-state index in [1.807, 2.05) is 0 Å². The van der Waals surface area contributed by atoms with Crippen molar-refractivity contribution in [3.05, 3.63) is 62.5 Å². The van der Waals surface area contributed by atoms with E-state index in [2.05, 4.69) is 0 Å². The van der Waals surface area contributed by atoms with Gasteiger partial charge in [0.15, 0.2) is 0 Å². The van der Waals surface area contributed by atoms with Crippen LogP contribution in [0.2, 0.25) is 0 Å². The average Bonchev–Trinajstić information content (AvgIpc) is 2.75. The van der Waals surface area contributed by atoms with Crippen molar-refractivity contribution in [2.75, 3.05) is 20.6 Å². The van der Waals surface area contributed by atoms with Crippen LogP contribution in [0.1, 0.15) is 46.1 Å². The maximum absolute atomic E-state index is 13.2. The number of carbonyl (C=O) groups excluding carboxylic acids is 2. The monoisotopic (exact) mass is 476 g/mol. The van der Waals surface area contributed by atoms with Gasteiger partial charge in [-0.3, -0.25) is 14.9 Å². The van der Waals surface area contributed by atoms with Crippen molar-refractivity contribution in [3.63, 3.8) is 0 Å². The summed E-state index contributed by atoms with van der Waals surface area (Å²) in [6, 6.07) is 5.39. The summed E-state index contributed by atoms with van der Waals surface area (Å²) < 4.78 is 15.4. The molecule has 11 heteroatoms. The van der Waals surface area contributed by atoms with Crippen LogP contribution >= 0.6 is 0 Å². The number of carboxylic acid groups (broad SMARTS) is 1. The number of non-ortho nitro benzene ring substituents is 1. The van der Waals surface area contributed by atoms with E-state index in [1.54, 1.807) is 34.6 Å². The number of carbonyl (C=O) groups is 3. The van der Waals surface area contributed by atoms with E-state index in [0.717, 1.165) is 0 Å². The number of nitro benzene ring substituents is 1. The zero-order chi connectivity index (χ0) is 25.8. The van der Waals surface area contributed by atoms with E-state index in [1.165, 1.54) is 36.3 Å². The Hall–Kier alpha value is -3.73. The summed E-state index contributed by atoms with van der Waals surface area (Å²) in [5.74, 6) is -4.00. The van der Waals surface area contributed by atoms with Crippen molar-refractivity contribution in [3.8, 4) is 0 Å². The minimum Gasteiger partial charge on any atom is -0.478 e. The number of nitrogens with zero attached hydrogens (tertiary/aromatic N) is 2. The van der Waals surface area contributed by atoms with Gasteiger partial charge in [0.1, 0.15) is 6.73 Å². The van der Waals surface area contributed by atoms with Gasteiger partial charge in [0.05, 0.1) is 27.4 Å². The topological polar surface area (TPSA) is 146 Å².